The number of nitrogens with one attached hydrogen (secondary N) is 1. The molecule has 0 atom stereocenters. The van der Waals surface area contributed by atoms with Gasteiger partial charge in [0, 0.05) is 26.2 Å². The van der Waals surface area contributed by atoms with Crippen molar-refractivity contribution in [2.75, 3.05) is 38.5 Å². The fourth-order valence-electron chi connectivity index (χ4n) is 2.44. The first-order valence-electron chi connectivity index (χ1n) is 7.55. The molecule has 1 aromatic heterocycles. The monoisotopic (exact) mass is 349 g/mol. The number of nitrogens with zero attached hydrogens (tertiary/aromatic N) is 4. The maximum absolute atomic E-state index is 14.0. The summed E-state index contributed by atoms with van der Waals surface area (Å²) in [4.78, 5) is 24.7. The third-order valence-electron chi connectivity index (χ3n) is 3.86. The van der Waals surface area contributed by atoms with Crippen LogP contribution >= 0.6 is 11.6 Å². The predicted octanol–water partition coefficient (Wildman–Crippen LogP) is 2.40. The van der Waals surface area contributed by atoms with Crippen LogP contribution in [0.15, 0.2) is 30.6 Å². The van der Waals surface area contributed by atoms with E-state index in [1.807, 2.05) is 7.05 Å². The molecule has 126 valence electrons. The molecule has 0 saturated carbocycles. The number of likely N-dealkylation sites (N-methyl/N-ethyl adjacent to an activating group) is 1. The average molecular weight is 350 g/mol. The summed E-state index contributed by atoms with van der Waals surface area (Å²) in [5.74, 6) is -0.460. The molecule has 1 saturated heterocycles. The second kappa shape index (κ2) is 7.11. The van der Waals surface area contributed by atoms with Crippen molar-refractivity contribution in [1.29, 1.82) is 0 Å². The van der Waals surface area contributed by atoms with Crippen LogP contribution < -0.4 is 5.32 Å². The number of hydrogen-bond acceptors (Lipinski definition) is 5. The van der Waals surface area contributed by atoms with Gasteiger partial charge < -0.3 is 15.1 Å². The Labute approximate surface area is 144 Å². The van der Waals surface area contributed by atoms with Gasteiger partial charge in [0.25, 0.3) is 5.91 Å². The van der Waals surface area contributed by atoms with Crippen LogP contribution in [0.2, 0.25) is 5.02 Å². The van der Waals surface area contributed by atoms with Crippen LogP contribution in [0.1, 0.15) is 10.5 Å². The highest BCUT2D eigenvalue weighted by Crippen LogP contribution is 2.24. The van der Waals surface area contributed by atoms with E-state index in [4.69, 9.17) is 11.6 Å². The first-order valence-corrected chi connectivity index (χ1v) is 7.93. The van der Waals surface area contributed by atoms with Gasteiger partial charge in [-0.1, -0.05) is 17.7 Å². The zero-order chi connectivity index (χ0) is 17.1. The minimum atomic E-state index is -0.572. The van der Waals surface area contributed by atoms with E-state index in [0.29, 0.717) is 13.1 Å². The van der Waals surface area contributed by atoms with Crippen LogP contribution in [0.25, 0.3) is 0 Å². The Hall–Kier alpha value is -2.25. The summed E-state index contributed by atoms with van der Waals surface area (Å²) in [6.07, 6.45) is 2.85. The minimum absolute atomic E-state index is 0.0117. The highest BCUT2D eigenvalue weighted by Gasteiger charge is 2.22. The number of piperazine rings is 1. The van der Waals surface area contributed by atoms with Gasteiger partial charge in [0.15, 0.2) is 5.82 Å². The largest absolute Gasteiger partial charge is 0.336 e. The summed E-state index contributed by atoms with van der Waals surface area (Å²) in [6.45, 7) is 2.95. The van der Waals surface area contributed by atoms with Crippen LogP contribution in [0.5, 0.6) is 0 Å². The Morgan fingerprint density at radius 1 is 1.25 bits per heavy atom. The second-order valence-corrected chi connectivity index (χ2v) is 6.02. The van der Waals surface area contributed by atoms with Crippen molar-refractivity contribution in [2.24, 2.45) is 0 Å². The maximum Gasteiger partial charge on any atom is 0.274 e. The summed E-state index contributed by atoms with van der Waals surface area (Å²) in [6, 6.07) is 4.62. The third-order valence-corrected chi connectivity index (χ3v) is 4.15. The number of carbonyl (C=O) groups excluding carboxylic acids is 1. The van der Waals surface area contributed by atoms with Crippen molar-refractivity contribution < 1.29 is 9.18 Å². The van der Waals surface area contributed by atoms with Gasteiger partial charge >= 0.3 is 0 Å². The first kappa shape index (κ1) is 16.6. The Balaban J connectivity index is 1.76. The highest BCUT2D eigenvalue weighted by atomic mass is 35.5. The number of aromatic nitrogens is 2. The molecule has 0 aliphatic carbocycles. The number of carbonyl (C=O) groups is 1. The molecule has 0 bridgehead atoms. The van der Waals surface area contributed by atoms with Crippen molar-refractivity contribution in [3.8, 4) is 0 Å². The number of halogens is 2. The summed E-state index contributed by atoms with van der Waals surface area (Å²) in [5, 5.41) is 2.82. The molecule has 24 heavy (non-hydrogen) atoms. The fourth-order valence-corrected chi connectivity index (χ4v) is 2.61. The SMILES string of the molecule is CN1CCN(C(=O)c2cncc(Nc3cccc(Cl)c3F)n2)CC1. The lowest BCUT2D eigenvalue weighted by Gasteiger charge is -2.32. The second-order valence-electron chi connectivity index (χ2n) is 5.61. The predicted molar refractivity (Wildman–Crippen MR) is 90.1 cm³/mol. The number of hydrogen-bond donors (Lipinski definition) is 1. The standard InChI is InChI=1S/C16H17ClFN5O/c1-22-5-7-23(8-6-22)16(24)13-9-19-10-14(21-13)20-12-4-2-3-11(17)15(12)18/h2-4,9-10H,5-8H2,1H3,(H,20,21). The molecule has 1 N–H and O–H groups in total. The van der Waals surface area contributed by atoms with Crippen LogP contribution in [0, 0.1) is 5.82 Å². The van der Waals surface area contributed by atoms with Crippen molar-refractivity contribution in [2.45, 2.75) is 0 Å². The van der Waals surface area contributed by atoms with Crippen molar-refractivity contribution in [3.05, 3.63) is 47.1 Å². The van der Waals surface area contributed by atoms with Gasteiger partial charge in [0.05, 0.1) is 23.1 Å². The van der Waals surface area contributed by atoms with E-state index in [1.165, 1.54) is 24.5 Å². The number of rotatable bonds is 3. The molecule has 8 heteroatoms. The van der Waals surface area contributed by atoms with Crippen LogP contribution in [0.3, 0.4) is 0 Å². The van der Waals surface area contributed by atoms with E-state index in [-0.39, 0.29) is 28.1 Å². The Morgan fingerprint density at radius 3 is 2.75 bits per heavy atom. The summed E-state index contributed by atoms with van der Waals surface area (Å²) in [5.41, 5.74) is 0.410. The van der Waals surface area contributed by atoms with Crippen LogP contribution in [-0.2, 0) is 0 Å². The topological polar surface area (TPSA) is 61.4 Å². The van der Waals surface area contributed by atoms with E-state index in [1.54, 1.807) is 11.0 Å². The highest BCUT2D eigenvalue weighted by molar-refractivity contribution is 6.31. The van der Waals surface area contributed by atoms with Crippen molar-refractivity contribution >= 4 is 29.0 Å². The molecular weight excluding hydrogens is 333 g/mol. The molecule has 2 heterocycles. The molecule has 1 fully saturated rings. The Morgan fingerprint density at radius 2 is 2.00 bits per heavy atom. The van der Waals surface area contributed by atoms with Gasteiger partial charge in [-0.15, -0.1) is 0 Å². The summed E-state index contributed by atoms with van der Waals surface area (Å²) < 4.78 is 14.0. The molecule has 0 radical (unpaired) electrons. The van der Waals surface area contributed by atoms with E-state index >= 15 is 0 Å². The summed E-state index contributed by atoms with van der Waals surface area (Å²) >= 11 is 5.76. The molecule has 0 spiro atoms. The van der Waals surface area contributed by atoms with Gasteiger partial charge in [-0.25, -0.2) is 9.37 Å². The van der Waals surface area contributed by atoms with E-state index in [0.717, 1.165) is 13.1 Å². The number of anilines is 2. The fraction of sp³-hybridized carbons (Fsp3) is 0.312. The minimum Gasteiger partial charge on any atom is -0.336 e. The zero-order valence-electron chi connectivity index (χ0n) is 13.2. The molecule has 2 aromatic rings. The van der Waals surface area contributed by atoms with Gasteiger partial charge in [0.2, 0.25) is 0 Å². The van der Waals surface area contributed by atoms with Crippen LogP contribution in [0.4, 0.5) is 15.9 Å². The van der Waals surface area contributed by atoms with Gasteiger partial charge in [-0.05, 0) is 19.2 Å². The zero-order valence-corrected chi connectivity index (χ0v) is 13.9. The van der Waals surface area contributed by atoms with Crippen LogP contribution in [-0.4, -0.2) is 58.9 Å². The van der Waals surface area contributed by atoms with Gasteiger partial charge in [0.1, 0.15) is 11.5 Å². The number of benzene rings is 1. The lowest BCUT2D eigenvalue weighted by molar-refractivity contribution is 0.0658. The average Bonchev–Trinajstić information content (AvgIpc) is 2.59. The van der Waals surface area contributed by atoms with Crippen molar-refractivity contribution in [1.82, 2.24) is 19.8 Å². The molecular formula is C16H17ClFN5O. The molecule has 1 aliphatic rings. The van der Waals surface area contributed by atoms with E-state index in [9.17, 15) is 9.18 Å². The molecule has 1 aliphatic heterocycles. The normalized spacial score (nSPS) is 15.4. The lowest BCUT2D eigenvalue weighted by atomic mass is 10.3. The molecule has 1 amide bonds. The quantitative estimate of drug-likeness (QED) is 0.922. The van der Waals surface area contributed by atoms with E-state index in [2.05, 4.69) is 20.2 Å². The maximum atomic E-state index is 14.0. The smallest absolute Gasteiger partial charge is 0.274 e. The first-order chi connectivity index (χ1) is 11.5. The van der Waals surface area contributed by atoms with E-state index < -0.39 is 5.82 Å². The van der Waals surface area contributed by atoms with Gasteiger partial charge in [-0.3, -0.25) is 9.78 Å². The molecule has 3 rings (SSSR count). The van der Waals surface area contributed by atoms with Crippen molar-refractivity contribution in [3.63, 3.8) is 0 Å². The Bertz CT molecular complexity index is 749. The molecule has 0 unspecified atom stereocenters. The number of amides is 1. The third kappa shape index (κ3) is 3.63. The Kier molecular flexibility index (Phi) is 4.92. The molecule has 6 nitrogen and oxygen atoms in total. The van der Waals surface area contributed by atoms with Gasteiger partial charge in [-0.2, -0.15) is 0 Å². The lowest BCUT2D eigenvalue weighted by Crippen LogP contribution is -2.47. The summed E-state index contributed by atoms with van der Waals surface area (Å²) in [7, 11) is 2.02. The molecule has 1 aromatic carbocycles.